The van der Waals surface area contributed by atoms with Crippen LogP contribution in [0.5, 0.6) is 0 Å². The van der Waals surface area contributed by atoms with Gasteiger partial charge in [-0.1, -0.05) is 20.8 Å². The van der Waals surface area contributed by atoms with Gasteiger partial charge in [-0.3, -0.25) is 0 Å². The molecule has 0 bridgehead atoms. The van der Waals surface area contributed by atoms with Crippen molar-refractivity contribution in [3.05, 3.63) is 0 Å². The Balaban J connectivity index is 1.79. The van der Waals surface area contributed by atoms with Gasteiger partial charge in [-0.05, 0) is 70.7 Å². The molecule has 2 aliphatic heterocycles. The summed E-state index contributed by atoms with van der Waals surface area (Å²) < 4.78 is 0. The first kappa shape index (κ1) is 16.3. The van der Waals surface area contributed by atoms with E-state index >= 15 is 0 Å². The minimum atomic E-state index is 0.626. The minimum Gasteiger partial charge on any atom is -0.314 e. The van der Waals surface area contributed by atoms with E-state index in [1.165, 1.54) is 71.4 Å². The topological polar surface area (TPSA) is 18.5 Å². The van der Waals surface area contributed by atoms with Crippen molar-refractivity contribution in [2.75, 3.05) is 39.3 Å². The molecule has 3 nitrogen and oxygen atoms in total. The lowest BCUT2D eigenvalue weighted by molar-refractivity contribution is 0.111. The highest BCUT2D eigenvalue weighted by atomic mass is 15.2. The highest BCUT2D eigenvalue weighted by Gasteiger charge is 2.27. The van der Waals surface area contributed by atoms with Crippen molar-refractivity contribution in [3.63, 3.8) is 0 Å². The second-order valence-corrected chi connectivity index (χ2v) is 7.09. The van der Waals surface area contributed by atoms with E-state index in [1.807, 2.05) is 0 Å². The van der Waals surface area contributed by atoms with Crippen molar-refractivity contribution < 1.29 is 0 Å². The van der Waals surface area contributed by atoms with E-state index in [4.69, 9.17) is 0 Å². The molecule has 0 radical (unpaired) electrons. The van der Waals surface area contributed by atoms with Gasteiger partial charge in [0.05, 0.1) is 0 Å². The Morgan fingerprint density at radius 3 is 2.60 bits per heavy atom. The molecule has 0 spiro atoms. The number of hydrogen-bond donors (Lipinski definition) is 1. The zero-order chi connectivity index (χ0) is 14.4. The minimum absolute atomic E-state index is 0.626. The first-order valence-electron chi connectivity index (χ1n) is 8.88. The average Bonchev–Trinajstić information content (AvgIpc) is 2.71. The number of rotatable bonds is 5. The monoisotopic (exact) mass is 281 g/mol. The van der Waals surface area contributed by atoms with Crippen LogP contribution < -0.4 is 5.32 Å². The van der Waals surface area contributed by atoms with Gasteiger partial charge in [0.2, 0.25) is 0 Å². The van der Waals surface area contributed by atoms with Crippen LogP contribution in [0.25, 0.3) is 0 Å². The maximum Gasteiger partial charge on any atom is 0.0108 e. The molecule has 2 saturated heterocycles. The van der Waals surface area contributed by atoms with Crippen molar-refractivity contribution in [1.29, 1.82) is 0 Å². The van der Waals surface area contributed by atoms with E-state index in [0.29, 0.717) is 6.04 Å². The third-order valence-electron chi connectivity index (χ3n) is 5.12. The van der Waals surface area contributed by atoms with Crippen LogP contribution in [0, 0.1) is 5.92 Å². The summed E-state index contributed by atoms with van der Waals surface area (Å²) in [5.41, 5.74) is 0. The van der Waals surface area contributed by atoms with Crippen molar-refractivity contribution in [2.24, 2.45) is 5.92 Å². The fourth-order valence-corrected chi connectivity index (χ4v) is 3.82. The van der Waals surface area contributed by atoms with Gasteiger partial charge in [0.15, 0.2) is 0 Å². The summed E-state index contributed by atoms with van der Waals surface area (Å²) >= 11 is 0. The molecule has 2 rings (SSSR count). The number of nitrogens with one attached hydrogen (secondary N) is 1. The third kappa shape index (κ3) is 5.01. The lowest BCUT2D eigenvalue weighted by Crippen LogP contribution is -2.46. The molecule has 2 atom stereocenters. The molecule has 0 aromatic carbocycles. The number of likely N-dealkylation sites (tertiary alicyclic amines) is 2. The molecule has 2 heterocycles. The zero-order valence-corrected chi connectivity index (χ0v) is 13.9. The lowest BCUT2D eigenvalue weighted by Gasteiger charge is -2.38. The standard InChI is InChI=1S/C17H35N3/c1-4-19-10-6-8-17(9-12-19)20-11-5-7-16(14-20)13-18-15(2)3/h15-18H,4-14H2,1-3H3. The second-order valence-electron chi connectivity index (χ2n) is 7.09. The van der Waals surface area contributed by atoms with E-state index < -0.39 is 0 Å². The Labute approximate surface area is 126 Å². The van der Waals surface area contributed by atoms with E-state index in [9.17, 15) is 0 Å². The molecule has 3 heteroatoms. The Morgan fingerprint density at radius 2 is 1.85 bits per heavy atom. The van der Waals surface area contributed by atoms with Crippen LogP contribution in [0.3, 0.4) is 0 Å². The summed E-state index contributed by atoms with van der Waals surface area (Å²) in [4.78, 5) is 5.44. The van der Waals surface area contributed by atoms with Crippen LogP contribution in [0.1, 0.15) is 52.9 Å². The fraction of sp³-hybridized carbons (Fsp3) is 1.00. The quantitative estimate of drug-likeness (QED) is 0.835. The van der Waals surface area contributed by atoms with Gasteiger partial charge in [-0.15, -0.1) is 0 Å². The van der Waals surface area contributed by atoms with Crippen LogP contribution in [-0.4, -0.2) is 61.2 Å². The first-order valence-corrected chi connectivity index (χ1v) is 8.88. The van der Waals surface area contributed by atoms with E-state index in [-0.39, 0.29) is 0 Å². The van der Waals surface area contributed by atoms with Crippen LogP contribution in [-0.2, 0) is 0 Å². The Morgan fingerprint density at radius 1 is 1.05 bits per heavy atom. The third-order valence-corrected chi connectivity index (χ3v) is 5.12. The van der Waals surface area contributed by atoms with Crippen LogP contribution in [0.2, 0.25) is 0 Å². The lowest BCUT2D eigenvalue weighted by atomic mass is 9.94. The molecule has 2 fully saturated rings. The molecular weight excluding hydrogens is 246 g/mol. The van der Waals surface area contributed by atoms with Gasteiger partial charge in [0.25, 0.3) is 0 Å². The van der Waals surface area contributed by atoms with E-state index in [2.05, 4.69) is 35.9 Å². The van der Waals surface area contributed by atoms with Gasteiger partial charge in [0.1, 0.15) is 0 Å². The van der Waals surface area contributed by atoms with Gasteiger partial charge in [-0.2, -0.15) is 0 Å². The van der Waals surface area contributed by atoms with Crippen molar-refractivity contribution in [1.82, 2.24) is 15.1 Å². The molecule has 0 aliphatic carbocycles. The first-order chi connectivity index (χ1) is 9.69. The summed E-state index contributed by atoms with van der Waals surface area (Å²) in [5.74, 6) is 0.872. The number of piperidine rings is 1. The van der Waals surface area contributed by atoms with Crippen LogP contribution >= 0.6 is 0 Å². The van der Waals surface area contributed by atoms with Crippen LogP contribution in [0.4, 0.5) is 0 Å². The molecular formula is C17H35N3. The van der Waals surface area contributed by atoms with Gasteiger partial charge in [-0.25, -0.2) is 0 Å². The largest absolute Gasteiger partial charge is 0.314 e. The molecule has 2 unspecified atom stereocenters. The van der Waals surface area contributed by atoms with E-state index in [1.54, 1.807) is 0 Å². The summed E-state index contributed by atoms with van der Waals surface area (Å²) in [5, 5.41) is 3.63. The molecule has 2 aliphatic rings. The molecule has 118 valence electrons. The smallest absolute Gasteiger partial charge is 0.0108 e. The zero-order valence-electron chi connectivity index (χ0n) is 13.9. The molecule has 1 N–H and O–H groups in total. The van der Waals surface area contributed by atoms with Gasteiger partial charge >= 0.3 is 0 Å². The van der Waals surface area contributed by atoms with E-state index in [0.717, 1.165) is 12.0 Å². The van der Waals surface area contributed by atoms with Gasteiger partial charge < -0.3 is 15.1 Å². The fourth-order valence-electron chi connectivity index (χ4n) is 3.82. The average molecular weight is 281 g/mol. The predicted octanol–water partition coefficient (Wildman–Crippen LogP) is 2.57. The van der Waals surface area contributed by atoms with Crippen molar-refractivity contribution in [2.45, 2.75) is 65.0 Å². The Hall–Kier alpha value is -0.120. The highest BCUT2D eigenvalue weighted by molar-refractivity contribution is 4.83. The van der Waals surface area contributed by atoms with Crippen molar-refractivity contribution >= 4 is 0 Å². The Kier molecular flexibility index (Phi) is 6.79. The maximum atomic E-state index is 3.63. The SMILES string of the molecule is CCN1CCCC(N2CCCC(CNC(C)C)C2)CC1. The second kappa shape index (κ2) is 8.35. The summed E-state index contributed by atoms with van der Waals surface area (Å²) in [6, 6.07) is 1.48. The molecule has 0 aromatic heterocycles. The predicted molar refractivity (Wildman–Crippen MR) is 87.2 cm³/mol. The summed E-state index contributed by atoms with van der Waals surface area (Å²) in [6.45, 7) is 14.6. The summed E-state index contributed by atoms with van der Waals surface area (Å²) in [6.07, 6.45) is 7.02. The highest BCUT2D eigenvalue weighted by Crippen LogP contribution is 2.23. The molecule has 0 amide bonds. The molecule has 0 aromatic rings. The van der Waals surface area contributed by atoms with Gasteiger partial charge in [0, 0.05) is 18.6 Å². The number of hydrogen-bond acceptors (Lipinski definition) is 3. The maximum absolute atomic E-state index is 3.63. The van der Waals surface area contributed by atoms with Crippen LogP contribution in [0.15, 0.2) is 0 Å². The molecule has 0 saturated carbocycles. The Bertz CT molecular complexity index is 267. The summed E-state index contributed by atoms with van der Waals surface area (Å²) in [7, 11) is 0. The number of nitrogens with zero attached hydrogens (tertiary/aromatic N) is 2. The van der Waals surface area contributed by atoms with Crippen molar-refractivity contribution in [3.8, 4) is 0 Å². The normalized spacial score (nSPS) is 30.6. The molecule has 20 heavy (non-hydrogen) atoms.